The molecule has 0 saturated carbocycles. The summed E-state index contributed by atoms with van der Waals surface area (Å²) in [5.74, 6) is 1.59. The predicted molar refractivity (Wildman–Crippen MR) is 101 cm³/mol. The van der Waals surface area contributed by atoms with Crippen molar-refractivity contribution in [2.75, 3.05) is 18.8 Å². The molecule has 1 aliphatic rings. The van der Waals surface area contributed by atoms with Crippen molar-refractivity contribution in [2.24, 2.45) is 0 Å². The molecule has 0 spiro atoms. The van der Waals surface area contributed by atoms with Gasteiger partial charge in [-0.3, -0.25) is 9.36 Å². The average Bonchev–Trinajstić information content (AvgIpc) is 3.40. The van der Waals surface area contributed by atoms with Crippen LogP contribution in [0.25, 0.3) is 17.3 Å². The van der Waals surface area contributed by atoms with Crippen LogP contribution in [0.5, 0.6) is 0 Å². The van der Waals surface area contributed by atoms with Gasteiger partial charge in [-0.25, -0.2) is 0 Å². The second-order valence-electron chi connectivity index (χ2n) is 5.95. The van der Waals surface area contributed by atoms with Gasteiger partial charge >= 0.3 is 0 Å². The van der Waals surface area contributed by atoms with E-state index in [1.54, 1.807) is 12.3 Å². The van der Waals surface area contributed by atoms with E-state index in [0.29, 0.717) is 27.5 Å². The number of benzene rings is 1. The fourth-order valence-corrected chi connectivity index (χ4v) is 4.03. The van der Waals surface area contributed by atoms with Gasteiger partial charge in [0, 0.05) is 13.1 Å². The number of carbonyl (C=O) groups is 1. The molecule has 0 radical (unpaired) electrons. The van der Waals surface area contributed by atoms with E-state index >= 15 is 0 Å². The fraction of sp³-hybridized carbons (Fsp3) is 0.278. The molecule has 26 heavy (non-hydrogen) atoms. The first kappa shape index (κ1) is 17.2. The quantitative estimate of drug-likeness (QED) is 0.620. The number of thioether (sulfide) groups is 1. The summed E-state index contributed by atoms with van der Waals surface area (Å²) >= 11 is 7.76. The Kier molecular flexibility index (Phi) is 4.99. The number of halogens is 1. The van der Waals surface area contributed by atoms with E-state index in [9.17, 15) is 4.79 Å². The Labute approximate surface area is 160 Å². The molecule has 1 aromatic carbocycles. The Balaban J connectivity index is 1.66. The summed E-state index contributed by atoms with van der Waals surface area (Å²) in [7, 11) is 0. The predicted octanol–water partition coefficient (Wildman–Crippen LogP) is 3.90. The van der Waals surface area contributed by atoms with E-state index in [2.05, 4.69) is 10.2 Å². The molecule has 3 heterocycles. The first-order valence-corrected chi connectivity index (χ1v) is 9.75. The maximum absolute atomic E-state index is 12.4. The van der Waals surface area contributed by atoms with Crippen molar-refractivity contribution in [3.8, 4) is 17.3 Å². The number of furan rings is 1. The van der Waals surface area contributed by atoms with Crippen LogP contribution in [0.3, 0.4) is 0 Å². The summed E-state index contributed by atoms with van der Waals surface area (Å²) in [4.78, 5) is 14.3. The van der Waals surface area contributed by atoms with Crippen LogP contribution >= 0.6 is 23.4 Å². The zero-order chi connectivity index (χ0) is 17.9. The number of likely N-dealkylation sites (tertiary alicyclic amines) is 1. The average molecular weight is 389 g/mol. The Bertz CT molecular complexity index is 904. The Morgan fingerprint density at radius 2 is 1.96 bits per heavy atom. The van der Waals surface area contributed by atoms with E-state index in [1.807, 2.05) is 39.8 Å². The van der Waals surface area contributed by atoms with Crippen LogP contribution in [0.15, 0.2) is 52.2 Å². The Hall–Kier alpha value is -2.25. The fourth-order valence-electron chi connectivity index (χ4n) is 2.96. The minimum absolute atomic E-state index is 0.126. The van der Waals surface area contributed by atoms with Gasteiger partial charge in [0.1, 0.15) is 0 Å². The second kappa shape index (κ2) is 7.55. The van der Waals surface area contributed by atoms with Gasteiger partial charge in [0.05, 0.1) is 22.7 Å². The minimum atomic E-state index is 0.126. The molecular weight excluding hydrogens is 372 g/mol. The zero-order valence-corrected chi connectivity index (χ0v) is 15.5. The topological polar surface area (TPSA) is 64.2 Å². The number of rotatable bonds is 5. The van der Waals surface area contributed by atoms with Crippen molar-refractivity contribution < 1.29 is 9.21 Å². The van der Waals surface area contributed by atoms with E-state index < -0.39 is 0 Å². The van der Waals surface area contributed by atoms with Gasteiger partial charge in [-0.15, -0.1) is 10.2 Å². The third-order valence-electron chi connectivity index (χ3n) is 4.25. The molecule has 8 heteroatoms. The number of nitrogens with zero attached hydrogens (tertiary/aromatic N) is 4. The van der Waals surface area contributed by atoms with Gasteiger partial charge in [0.2, 0.25) is 11.7 Å². The lowest BCUT2D eigenvalue weighted by Gasteiger charge is -2.15. The largest absolute Gasteiger partial charge is 0.461 e. The van der Waals surface area contributed by atoms with Crippen LogP contribution in [0.1, 0.15) is 12.8 Å². The van der Waals surface area contributed by atoms with Gasteiger partial charge in [0.15, 0.2) is 10.9 Å². The maximum atomic E-state index is 12.4. The summed E-state index contributed by atoms with van der Waals surface area (Å²) in [6.45, 7) is 1.68. The van der Waals surface area contributed by atoms with Gasteiger partial charge in [0.25, 0.3) is 0 Å². The van der Waals surface area contributed by atoms with Crippen molar-refractivity contribution in [3.05, 3.63) is 47.7 Å². The Morgan fingerprint density at radius 1 is 1.15 bits per heavy atom. The second-order valence-corrected chi connectivity index (χ2v) is 7.30. The van der Waals surface area contributed by atoms with Crippen molar-refractivity contribution in [1.82, 2.24) is 19.7 Å². The molecule has 0 bridgehead atoms. The van der Waals surface area contributed by atoms with Crippen molar-refractivity contribution in [3.63, 3.8) is 0 Å². The highest BCUT2D eigenvalue weighted by atomic mass is 35.5. The summed E-state index contributed by atoms with van der Waals surface area (Å²) in [5, 5.41) is 9.73. The molecule has 1 saturated heterocycles. The van der Waals surface area contributed by atoms with E-state index in [1.165, 1.54) is 11.8 Å². The van der Waals surface area contributed by atoms with Gasteiger partial charge in [-0.1, -0.05) is 35.5 Å². The van der Waals surface area contributed by atoms with Crippen LogP contribution in [0.4, 0.5) is 0 Å². The molecule has 0 N–H and O–H groups in total. The normalized spacial score (nSPS) is 14.1. The molecule has 4 rings (SSSR count). The van der Waals surface area contributed by atoms with Crippen LogP contribution in [-0.2, 0) is 4.79 Å². The summed E-state index contributed by atoms with van der Waals surface area (Å²) in [5.41, 5.74) is 0.752. The zero-order valence-electron chi connectivity index (χ0n) is 14.0. The smallest absolute Gasteiger partial charge is 0.233 e. The minimum Gasteiger partial charge on any atom is -0.461 e. The molecule has 1 aliphatic heterocycles. The molecule has 6 nitrogen and oxygen atoms in total. The standard InChI is InChI=1S/C18H17ClN4O2S/c19-13-6-1-2-7-14(13)23-17(15-8-5-11-25-15)20-21-18(23)26-12-16(24)22-9-3-4-10-22/h1-2,5-8,11H,3-4,9-10,12H2. The summed E-state index contributed by atoms with van der Waals surface area (Å²) in [6, 6.07) is 11.1. The lowest BCUT2D eigenvalue weighted by molar-refractivity contribution is -0.127. The number of hydrogen-bond acceptors (Lipinski definition) is 5. The maximum Gasteiger partial charge on any atom is 0.233 e. The van der Waals surface area contributed by atoms with Crippen LogP contribution < -0.4 is 0 Å². The van der Waals surface area contributed by atoms with Crippen molar-refractivity contribution in [1.29, 1.82) is 0 Å². The number of amides is 1. The third-order valence-corrected chi connectivity index (χ3v) is 5.49. The van der Waals surface area contributed by atoms with Gasteiger partial charge in [-0.2, -0.15) is 0 Å². The molecule has 134 valence electrons. The number of hydrogen-bond donors (Lipinski definition) is 0. The molecule has 0 unspecified atom stereocenters. The molecule has 1 fully saturated rings. The lowest BCUT2D eigenvalue weighted by Crippen LogP contribution is -2.29. The molecule has 1 amide bonds. The number of para-hydroxylation sites is 1. The van der Waals surface area contributed by atoms with Gasteiger partial charge < -0.3 is 9.32 Å². The van der Waals surface area contributed by atoms with Gasteiger partial charge in [-0.05, 0) is 37.1 Å². The van der Waals surface area contributed by atoms with Crippen molar-refractivity contribution >= 4 is 29.3 Å². The molecule has 2 aromatic heterocycles. The number of carbonyl (C=O) groups excluding carboxylic acids is 1. The molecule has 0 aliphatic carbocycles. The Morgan fingerprint density at radius 3 is 2.69 bits per heavy atom. The summed E-state index contributed by atoms with van der Waals surface area (Å²) < 4.78 is 7.33. The van der Waals surface area contributed by atoms with E-state index in [4.69, 9.17) is 16.0 Å². The highest BCUT2D eigenvalue weighted by molar-refractivity contribution is 7.99. The summed E-state index contributed by atoms with van der Waals surface area (Å²) in [6.07, 6.45) is 3.74. The number of aromatic nitrogens is 3. The van der Waals surface area contributed by atoms with Crippen LogP contribution in [0.2, 0.25) is 5.02 Å². The highest BCUT2D eigenvalue weighted by Gasteiger charge is 2.22. The van der Waals surface area contributed by atoms with E-state index in [-0.39, 0.29) is 5.91 Å². The SMILES string of the molecule is O=C(CSc1nnc(-c2ccco2)n1-c1ccccc1Cl)N1CCCC1. The molecule has 3 aromatic rings. The highest BCUT2D eigenvalue weighted by Crippen LogP contribution is 2.31. The van der Waals surface area contributed by atoms with E-state index in [0.717, 1.165) is 31.6 Å². The third kappa shape index (κ3) is 3.37. The monoisotopic (exact) mass is 388 g/mol. The van der Waals surface area contributed by atoms with Crippen LogP contribution in [0, 0.1) is 0 Å². The van der Waals surface area contributed by atoms with Crippen LogP contribution in [-0.4, -0.2) is 44.4 Å². The molecule has 0 atom stereocenters. The first-order valence-electron chi connectivity index (χ1n) is 8.39. The van der Waals surface area contributed by atoms with Crippen molar-refractivity contribution in [2.45, 2.75) is 18.0 Å². The molecular formula is C18H17ClN4O2S. The first-order chi connectivity index (χ1) is 12.7. The lowest BCUT2D eigenvalue weighted by atomic mass is 10.3.